The van der Waals surface area contributed by atoms with Gasteiger partial charge in [0.05, 0.1) is 16.9 Å². The molecule has 0 aliphatic heterocycles. The predicted octanol–water partition coefficient (Wildman–Crippen LogP) is 3.48. The summed E-state index contributed by atoms with van der Waals surface area (Å²) in [4.78, 5) is 14.8. The summed E-state index contributed by atoms with van der Waals surface area (Å²) in [5.41, 5.74) is 3.64. The van der Waals surface area contributed by atoms with Gasteiger partial charge in [-0.05, 0) is 37.3 Å². The number of aryl methyl sites for hydroxylation is 1. The fraction of sp³-hybridized carbons (Fsp3) is 0.357. The number of halogens is 1. The van der Waals surface area contributed by atoms with E-state index < -0.39 is 0 Å². The summed E-state index contributed by atoms with van der Waals surface area (Å²) < 4.78 is 2.92. The molecule has 1 aromatic heterocycles. The quantitative estimate of drug-likeness (QED) is 0.637. The summed E-state index contributed by atoms with van der Waals surface area (Å²) in [7, 11) is 0. The number of fused-ring (bicyclic) bond motifs is 1. The van der Waals surface area contributed by atoms with E-state index in [4.69, 9.17) is 0 Å². The van der Waals surface area contributed by atoms with Crippen molar-refractivity contribution >= 4 is 21.6 Å². The molecule has 1 aliphatic carbocycles. The van der Waals surface area contributed by atoms with Crippen molar-refractivity contribution in [3.8, 4) is 0 Å². The zero-order valence-corrected chi connectivity index (χ0v) is 12.5. The molecule has 0 saturated carbocycles. The minimum absolute atomic E-state index is 0.105. The van der Waals surface area contributed by atoms with Crippen LogP contribution in [0.4, 0.5) is 5.69 Å². The van der Waals surface area contributed by atoms with Gasteiger partial charge in [0.1, 0.15) is 0 Å². The van der Waals surface area contributed by atoms with E-state index >= 15 is 0 Å². The molecule has 0 atom stereocenters. The lowest BCUT2D eigenvalue weighted by Crippen LogP contribution is -2.09. The van der Waals surface area contributed by atoms with Gasteiger partial charge in [-0.2, -0.15) is 0 Å². The lowest BCUT2D eigenvalue weighted by molar-refractivity contribution is -0.384. The molecule has 20 heavy (non-hydrogen) atoms. The normalized spacial score (nSPS) is 14.1. The van der Waals surface area contributed by atoms with Gasteiger partial charge in [-0.25, -0.2) is 4.98 Å². The Hall–Kier alpha value is -1.69. The van der Waals surface area contributed by atoms with Crippen LogP contribution in [-0.4, -0.2) is 14.5 Å². The van der Waals surface area contributed by atoms with E-state index in [1.165, 1.54) is 24.2 Å². The Balaban J connectivity index is 1.88. The van der Waals surface area contributed by atoms with Crippen molar-refractivity contribution in [3.63, 3.8) is 0 Å². The number of rotatable bonds is 3. The molecular formula is C14H14BrN3O2. The highest BCUT2D eigenvalue weighted by Gasteiger charge is 2.16. The van der Waals surface area contributed by atoms with Crippen LogP contribution in [0, 0.1) is 10.1 Å². The summed E-state index contributed by atoms with van der Waals surface area (Å²) in [6.07, 6.45) is 6.43. The lowest BCUT2D eigenvalue weighted by Gasteiger charge is -2.14. The lowest BCUT2D eigenvalue weighted by atomic mass is 10.0. The molecule has 0 spiro atoms. The Morgan fingerprint density at radius 2 is 2.15 bits per heavy atom. The fourth-order valence-electron chi connectivity index (χ4n) is 2.63. The van der Waals surface area contributed by atoms with Gasteiger partial charge in [0.25, 0.3) is 5.69 Å². The summed E-state index contributed by atoms with van der Waals surface area (Å²) in [6, 6.07) is 4.90. The smallest absolute Gasteiger partial charge is 0.270 e. The number of nitrogens with zero attached hydrogens (tertiary/aromatic N) is 3. The third-order valence-corrected chi connectivity index (χ3v) is 4.44. The van der Waals surface area contributed by atoms with E-state index in [0.29, 0.717) is 6.54 Å². The SMILES string of the molecule is O=[N+]([O-])c1ccc(Cn2cnc3c2CCCC3)c(Br)c1. The Bertz CT molecular complexity index is 666. The molecule has 0 unspecified atom stereocenters. The van der Waals surface area contributed by atoms with Gasteiger partial charge in [-0.15, -0.1) is 0 Å². The van der Waals surface area contributed by atoms with Gasteiger partial charge in [0.2, 0.25) is 0 Å². The first-order chi connectivity index (χ1) is 9.65. The minimum Gasteiger partial charge on any atom is -0.330 e. The molecular weight excluding hydrogens is 322 g/mol. The number of nitro benzene ring substituents is 1. The second-order valence-corrected chi connectivity index (χ2v) is 5.86. The van der Waals surface area contributed by atoms with Crippen LogP contribution in [0.2, 0.25) is 0 Å². The zero-order chi connectivity index (χ0) is 14.1. The van der Waals surface area contributed by atoms with Gasteiger partial charge in [-0.3, -0.25) is 10.1 Å². The molecule has 0 saturated heterocycles. The molecule has 5 nitrogen and oxygen atoms in total. The minimum atomic E-state index is -0.381. The summed E-state index contributed by atoms with van der Waals surface area (Å²) in [6.45, 7) is 0.695. The van der Waals surface area contributed by atoms with Gasteiger partial charge < -0.3 is 4.57 Å². The van der Waals surface area contributed by atoms with Crippen LogP contribution in [0.1, 0.15) is 29.8 Å². The number of benzene rings is 1. The number of hydrogen-bond acceptors (Lipinski definition) is 3. The molecule has 2 aromatic rings. The van der Waals surface area contributed by atoms with Crippen LogP contribution >= 0.6 is 15.9 Å². The van der Waals surface area contributed by atoms with E-state index in [-0.39, 0.29) is 10.6 Å². The van der Waals surface area contributed by atoms with Crippen LogP contribution in [-0.2, 0) is 19.4 Å². The number of aromatic nitrogens is 2. The maximum atomic E-state index is 10.7. The van der Waals surface area contributed by atoms with Gasteiger partial charge in [0.15, 0.2) is 0 Å². The van der Waals surface area contributed by atoms with Crippen LogP contribution in [0.5, 0.6) is 0 Å². The largest absolute Gasteiger partial charge is 0.330 e. The first kappa shape index (κ1) is 13.3. The van der Waals surface area contributed by atoms with E-state index in [0.717, 1.165) is 22.9 Å². The highest BCUT2D eigenvalue weighted by atomic mass is 79.9. The number of hydrogen-bond donors (Lipinski definition) is 0. The Labute approximate surface area is 124 Å². The van der Waals surface area contributed by atoms with Crippen molar-refractivity contribution in [2.75, 3.05) is 0 Å². The predicted molar refractivity (Wildman–Crippen MR) is 78.8 cm³/mol. The Morgan fingerprint density at radius 3 is 2.90 bits per heavy atom. The summed E-state index contributed by atoms with van der Waals surface area (Å²) >= 11 is 3.42. The molecule has 1 aromatic carbocycles. The van der Waals surface area contributed by atoms with E-state index in [9.17, 15) is 10.1 Å². The standard InChI is InChI=1S/C14H14BrN3O2/c15-12-7-11(18(19)20)6-5-10(12)8-17-9-16-13-3-1-2-4-14(13)17/h5-7,9H,1-4,8H2. The maximum absolute atomic E-state index is 10.7. The molecule has 1 heterocycles. The zero-order valence-electron chi connectivity index (χ0n) is 10.9. The summed E-state index contributed by atoms with van der Waals surface area (Å²) in [5.74, 6) is 0. The van der Waals surface area contributed by atoms with Gasteiger partial charge >= 0.3 is 0 Å². The van der Waals surface area contributed by atoms with E-state index in [1.807, 2.05) is 6.33 Å². The molecule has 1 aliphatic rings. The van der Waals surface area contributed by atoms with Crippen LogP contribution in [0.25, 0.3) is 0 Å². The maximum Gasteiger partial charge on any atom is 0.270 e. The van der Waals surface area contributed by atoms with Gasteiger partial charge in [-0.1, -0.05) is 15.9 Å². The molecule has 0 fully saturated rings. The molecule has 104 valence electrons. The molecule has 0 radical (unpaired) electrons. The summed E-state index contributed by atoms with van der Waals surface area (Å²) in [5, 5.41) is 10.7. The molecule has 3 rings (SSSR count). The second-order valence-electron chi connectivity index (χ2n) is 5.01. The number of imidazole rings is 1. The van der Waals surface area contributed by atoms with Gasteiger partial charge in [0, 0.05) is 28.8 Å². The van der Waals surface area contributed by atoms with Crippen molar-refractivity contribution in [1.82, 2.24) is 9.55 Å². The van der Waals surface area contributed by atoms with Crippen molar-refractivity contribution in [3.05, 3.63) is 56.1 Å². The van der Waals surface area contributed by atoms with Crippen LogP contribution in [0.15, 0.2) is 29.0 Å². The average Bonchev–Trinajstić information content (AvgIpc) is 2.84. The number of non-ortho nitro benzene ring substituents is 1. The monoisotopic (exact) mass is 335 g/mol. The van der Waals surface area contributed by atoms with Crippen molar-refractivity contribution in [2.24, 2.45) is 0 Å². The van der Waals surface area contributed by atoms with Crippen LogP contribution < -0.4 is 0 Å². The molecule has 6 heteroatoms. The molecule has 0 amide bonds. The Morgan fingerprint density at radius 1 is 1.35 bits per heavy atom. The topological polar surface area (TPSA) is 61.0 Å². The first-order valence-electron chi connectivity index (χ1n) is 6.61. The third-order valence-electron chi connectivity index (χ3n) is 3.70. The first-order valence-corrected chi connectivity index (χ1v) is 7.40. The Kier molecular flexibility index (Phi) is 3.56. The van der Waals surface area contributed by atoms with Crippen molar-refractivity contribution in [2.45, 2.75) is 32.2 Å². The average molecular weight is 336 g/mol. The van der Waals surface area contributed by atoms with Crippen molar-refractivity contribution in [1.29, 1.82) is 0 Å². The van der Waals surface area contributed by atoms with E-state index in [2.05, 4.69) is 25.5 Å². The molecule has 0 N–H and O–H groups in total. The molecule has 0 bridgehead atoms. The second kappa shape index (κ2) is 5.36. The van der Waals surface area contributed by atoms with Crippen molar-refractivity contribution < 1.29 is 4.92 Å². The highest BCUT2D eigenvalue weighted by Crippen LogP contribution is 2.26. The number of nitro groups is 1. The third kappa shape index (κ3) is 2.47. The fourth-order valence-corrected chi connectivity index (χ4v) is 3.12. The van der Waals surface area contributed by atoms with Crippen LogP contribution in [0.3, 0.4) is 0 Å². The highest BCUT2D eigenvalue weighted by molar-refractivity contribution is 9.10. The van der Waals surface area contributed by atoms with E-state index in [1.54, 1.807) is 18.2 Å².